The second-order valence-electron chi connectivity index (χ2n) is 17.1. The SMILES string of the molecule is c1cc(-c2ccc3c4ccccc4c4ccccc4c3c2)cc(-c2ccc3c(c2)c2ccccc2c2cc4c(cc32)C2(c3ccccc3-c3ccccc32)c2ccccc2-4)c1. The molecule has 12 aromatic carbocycles. The van der Waals surface area contributed by atoms with E-state index in [0.29, 0.717) is 0 Å². The normalized spacial score (nSPS) is 13.4. The first kappa shape index (κ1) is 33.1. The van der Waals surface area contributed by atoms with Gasteiger partial charge in [-0.05, 0) is 162 Å². The van der Waals surface area contributed by atoms with Crippen molar-refractivity contribution in [3.05, 3.63) is 241 Å². The van der Waals surface area contributed by atoms with Gasteiger partial charge in [0, 0.05) is 0 Å². The molecule has 1 spiro atoms. The van der Waals surface area contributed by atoms with Gasteiger partial charge in [-0.1, -0.05) is 188 Å². The van der Waals surface area contributed by atoms with Gasteiger partial charge in [0.15, 0.2) is 0 Å². The molecule has 0 aliphatic heterocycles. The molecule has 14 rings (SSSR count). The Morgan fingerprint density at radius 2 is 0.508 bits per heavy atom. The molecule has 0 amide bonds. The molecule has 280 valence electrons. The van der Waals surface area contributed by atoms with Crippen LogP contribution in [0.1, 0.15) is 22.3 Å². The highest BCUT2D eigenvalue weighted by atomic mass is 14.5. The van der Waals surface area contributed by atoms with E-state index in [-0.39, 0.29) is 5.41 Å². The Kier molecular flexibility index (Phi) is 6.58. The van der Waals surface area contributed by atoms with Crippen molar-refractivity contribution in [1.29, 1.82) is 0 Å². The summed E-state index contributed by atoms with van der Waals surface area (Å²) in [5.41, 5.74) is 15.4. The Morgan fingerprint density at radius 1 is 0.180 bits per heavy atom. The zero-order chi connectivity index (χ0) is 39.8. The number of benzene rings is 12. The molecule has 0 N–H and O–H groups in total. The smallest absolute Gasteiger partial charge is 0.0619 e. The topological polar surface area (TPSA) is 0 Å². The van der Waals surface area contributed by atoms with E-state index >= 15 is 0 Å². The maximum atomic E-state index is 2.56. The first-order valence-electron chi connectivity index (χ1n) is 21.4. The summed E-state index contributed by atoms with van der Waals surface area (Å²) in [7, 11) is 0. The van der Waals surface area contributed by atoms with Crippen LogP contribution in [0.15, 0.2) is 218 Å². The van der Waals surface area contributed by atoms with Crippen LogP contribution in [0.5, 0.6) is 0 Å². The highest BCUT2D eigenvalue weighted by molar-refractivity contribution is 6.28. The standard InChI is InChI=1S/C61H36/c1-2-18-43-41(16-1)42-17-3-4-19-44(42)52-33-39(28-30-47(43)52)37-14-13-15-38(32-37)40-29-31-48-53(34-40)45-20-5-6-21-46(45)54-35-56-51-24-9-12-27-59(51)61(60(56)36-55(48)54)57-25-10-7-22-49(57)50-23-8-11-26-58(50)61/h1-36H. The van der Waals surface area contributed by atoms with E-state index in [4.69, 9.17) is 0 Å². The molecule has 0 saturated heterocycles. The second kappa shape index (κ2) is 12.1. The Bertz CT molecular complexity index is 3800. The van der Waals surface area contributed by atoms with Crippen LogP contribution in [-0.2, 0) is 5.41 Å². The molecule has 61 heavy (non-hydrogen) atoms. The molecule has 12 aromatic rings. The second-order valence-corrected chi connectivity index (χ2v) is 17.1. The molecular formula is C61H36. The zero-order valence-corrected chi connectivity index (χ0v) is 33.3. The molecule has 0 heteroatoms. The van der Waals surface area contributed by atoms with Gasteiger partial charge >= 0.3 is 0 Å². The molecule has 0 radical (unpaired) electrons. The molecule has 0 aromatic heterocycles. The van der Waals surface area contributed by atoms with E-state index < -0.39 is 0 Å². The van der Waals surface area contributed by atoms with Crippen LogP contribution in [0.3, 0.4) is 0 Å². The predicted octanol–water partition coefficient (Wildman–Crippen LogP) is 16.3. The molecule has 2 aliphatic carbocycles. The summed E-state index contributed by atoms with van der Waals surface area (Å²) in [6, 6.07) is 82.3. The Morgan fingerprint density at radius 3 is 0.984 bits per heavy atom. The molecule has 0 nitrogen and oxygen atoms in total. The number of fused-ring (bicyclic) bond motifs is 22. The van der Waals surface area contributed by atoms with Crippen molar-refractivity contribution in [3.8, 4) is 44.5 Å². The van der Waals surface area contributed by atoms with Gasteiger partial charge in [0.2, 0.25) is 0 Å². The summed E-state index contributed by atoms with van der Waals surface area (Å²) in [5.74, 6) is 0. The first-order chi connectivity index (χ1) is 30.3. The van der Waals surface area contributed by atoms with Gasteiger partial charge in [0.05, 0.1) is 5.41 Å². The highest BCUT2D eigenvalue weighted by Gasteiger charge is 2.51. The molecule has 2 aliphatic rings. The van der Waals surface area contributed by atoms with E-state index in [1.165, 1.54) is 131 Å². The number of rotatable bonds is 2. The lowest BCUT2D eigenvalue weighted by Crippen LogP contribution is -2.25. The van der Waals surface area contributed by atoms with Crippen LogP contribution >= 0.6 is 0 Å². The van der Waals surface area contributed by atoms with Crippen molar-refractivity contribution in [2.45, 2.75) is 5.41 Å². The molecular weight excluding hydrogens is 733 g/mol. The monoisotopic (exact) mass is 768 g/mol. The fourth-order valence-corrected chi connectivity index (χ4v) is 11.7. The summed E-state index contributed by atoms with van der Waals surface area (Å²) in [5, 5.41) is 15.6. The molecule has 0 atom stereocenters. The fourth-order valence-electron chi connectivity index (χ4n) is 11.7. The van der Waals surface area contributed by atoms with Crippen molar-refractivity contribution in [1.82, 2.24) is 0 Å². The summed E-state index contributed by atoms with van der Waals surface area (Å²) >= 11 is 0. The van der Waals surface area contributed by atoms with Crippen molar-refractivity contribution in [2.24, 2.45) is 0 Å². The fraction of sp³-hybridized carbons (Fsp3) is 0.0164. The summed E-state index contributed by atoms with van der Waals surface area (Å²) in [6.45, 7) is 0. The molecule has 0 saturated carbocycles. The van der Waals surface area contributed by atoms with Gasteiger partial charge in [-0.2, -0.15) is 0 Å². The van der Waals surface area contributed by atoms with E-state index in [9.17, 15) is 0 Å². The minimum absolute atomic E-state index is 0.381. The van der Waals surface area contributed by atoms with Crippen molar-refractivity contribution in [2.75, 3.05) is 0 Å². The Labute approximate surface area is 353 Å². The third-order valence-electron chi connectivity index (χ3n) is 14.2. The molecule has 0 fully saturated rings. The Balaban J connectivity index is 0.976. The Hall–Kier alpha value is -7.80. The van der Waals surface area contributed by atoms with Crippen LogP contribution < -0.4 is 0 Å². The van der Waals surface area contributed by atoms with Gasteiger partial charge in [-0.3, -0.25) is 0 Å². The maximum absolute atomic E-state index is 2.56. The van der Waals surface area contributed by atoms with Crippen LogP contribution in [0, 0.1) is 0 Å². The molecule has 0 bridgehead atoms. The van der Waals surface area contributed by atoms with Gasteiger partial charge in [-0.25, -0.2) is 0 Å². The first-order valence-corrected chi connectivity index (χ1v) is 21.4. The van der Waals surface area contributed by atoms with E-state index in [1.807, 2.05) is 0 Å². The largest absolute Gasteiger partial charge is 0.0725 e. The van der Waals surface area contributed by atoms with Crippen LogP contribution in [0.25, 0.3) is 109 Å². The maximum Gasteiger partial charge on any atom is 0.0725 e. The minimum Gasteiger partial charge on any atom is -0.0619 e. The lowest BCUT2D eigenvalue weighted by Gasteiger charge is -2.30. The third kappa shape index (κ3) is 4.33. The van der Waals surface area contributed by atoms with Crippen LogP contribution in [0.4, 0.5) is 0 Å². The summed E-state index contributed by atoms with van der Waals surface area (Å²) in [4.78, 5) is 0. The van der Waals surface area contributed by atoms with Gasteiger partial charge in [0.1, 0.15) is 0 Å². The van der Waals surface area contributed by atoms with Crippen molar-refractivity contribution in [3.63, 3.8) is 0 Å². The van der Waals surface area contributed by atoms with E-state index in [1.54, 1.807) is 0 Å². The molecule has 0 unspecified atom stereocenters. The van der Waals surface area contributed by atoms with Crippen LogP contribution in [0.2, 0.25) is 0 Å². The van der Waals surface area contributed by atoms with Gasteiger partial charge < -0.3 is 0 Å². The zero-order valence-electron chi connectivity index (χ0n) is 33.3. The number of hydrogen-bond acceptors (Lipinski definition) is 0. The predicted molar refractivity (Wildman–Crippen MR) is 259 cm³/mol. The lowest BCUT2D eigenvalue weighted by molar-refractivity contribution is 0.795. The highest BCUT2D eigenvalue weighted by Crippen LogP contribution is 2.63. The van der Waals surface area contributed by atoms with Crippen molar-refractivity contribution >= 4 is 64.6 Å². The lowest BCUT2D eigenvalue weighted by atomic mass is 9.70. The van der Waals surface area contributed by atoms with Crippen molar-refractivity contribution < 1.29 is 0 Å². The quantitative estimate of drug-likeness (QED) is 0.154. The minimum atomic E-state index is -0.381. The molecule has 0 heterocycles. The van der Waals surface area contributed by atoms with Gasteiger partial charge in [-0.15, -0.1) is 0 Å². The van der Waals surface area contributed by atoms with E-state index in [0.717, 1.165) is 0 Å². The van der Waals surface area contributed by atoms with Gasteiger partial charge in [0.25, 0.3) is 0 Å². The average Bonchev–Trinajstić information content (AvgIpc) is 3.80. The summed E-state index contributed by atoms with van der Waals surface area (Å²) in [6.07, 6.45) is 0. The summed E-state index contributed by atoms with van der Waals surface area (Å²) < 4.78 is 0. The third-order valence-corrected chi connectivity index (χ3v) is 14.2. The van der Waals surface area contributed by atoms with Crippen LogP contribution in [-0.4, -0.2) is 0 Å². The average molecular weight is 769 g/mol. The number of hydrogen-bond donors (Lipinski definition) is 0. The van der Waals surface area contributed by atoms with E-state index in [2.05, 4.69) is 218 Å².